The summed E-state index contributed by atoms with van der Waals surface area (Å²) in [6.45, 7) is 3.59. The van der Waals surface area contributed by atoms with Crippen molar-refractivity contribution in [2.45, 2.75) is 20.0 Å². The van der Waals surface area contributed by atoms with Crippen LogP contribution in [-0.2, 0) is 17.8 Å². The molecule has 8 nitrogen and oxygen atoms in total. The Bertz CT molecular complexity index is 2490. The standard InChI is InChI=1S/C23H20N2O2.C21H16N2O2/c1-2-27-23(26)19-11-6-10-18(14-19)20-12-7-13-22-21(20)16-25(24-22)15-17-8-4-3-5-9-17;24-21(25)17-9-4-8-16(12-17)18-10-5-11-20-19(18)14-23(22-20)13-15-6-2-1-3-7-15/h3-14,16H,2,15H2,1H3;1-12,14H,13H2,(H,24,25). The number of fused-ring (bicyclic) bond motifs is 2. The molecule has 0 aliphatic carbocycles. The van der Waals surface area contributed by atoms with Gasteiger partial charge in [-0.25, -0.2) is 9.59 Å². The Morgan fingerprint density at radius 3 is 1.52 bits per heavy atom. The van der Waals surface area contributed by atoms with Crippen molar-refractivity contribution in [1.29, 1.82) is 0 Å². The summed E-state index contributed by atoms with van der Waals surface area (Å²) in [5, 5.41) is 20.7. The number of carboxylic acids is 1. The molecular formula is C44H36N4O4. The van der Waals surface area contributed by atoms with Gasteiger partial charge in [0.2, 0.25) is 0 Å². The number of rotatable bonds is 9. The minimum absolute atomic E-state index is 0.284. The number of carboxylic acid groups (broad SMARTS) is 1. The number of hydrogen-bond donors (Lipinski definition) is 1. The molecule has 0 unspecified atom stereocenters. The first-order valence-electron chi connectivity index (χ1n) is 17.1. The molecule has 2 heterocycles. The molecule has 0 aliphatic rings. The van der Waals surface area contributed by atoms with Crippen molar-refractivity contribution in [3.63, 3.8) is 0 Å². The molecule has 8 heteroatoms. The number of hydrogen-bond acceptors (Lipinski definition) is 5. The lowest BCUT2D eigenvalue weighted by Crippen LogP contribution is -2.04. The van der Waals surface area contributed by atoms with E-state index in [1.807, 2.05) is 113 Å². The minimum atomic E-state index is -0.922. The van der Waals surface area contributed by atoms with E-state index in [1.165, 1.54) is 11.1 Å². The first kappa shape index (κ1) is 33.7. The second-order valence-corrected chi connectivity index (χ2v) is 12.3. The molecule has 8 rings (SSSR count). The third-order valence-corrected chi connectivity index (χ3v) is 8.67. The summed E-state index contributed by atoms with van der Waals surface area (Å²) in [6, 6.07) is 47.0. The van der Waals surface area contributed by atoms with Crippen molar-refractivity contribution in [3.05, 3.63) is 180 Å². The van der Waals surface area contributed by atoms with E-state index in [2.05, 4.69) is 41.6 Å². The van der Waals surface area contributed by atoms with Crippen LogP contribution in [0.3, 0.4) is 0 Å². The molecule has 0 bridgehead atoms. The summed E-state index contributed by atoms with van der Waals surface area (Å²) >= 11 is 0. The Hall–Kier alpha value is -6.80. The van der Waals surface area contributed by atoms with E-state index in [0.717, 1.165) is 50.6 Å². The average molecular weight is 685 g/mol. The van der Waals surface area contributed by atoms with Crippen molar-refractivity contribution in [3.8, 4) is 22.3 Å². The molecule has 2 aromatic heterocycles. The summed E-state index contributed by atoms with van der Waals surface area (Å²) in [6.07, 6.45) is 4.08. The summed E-state index contributed by atoms with van der Waals surface area (Å²) in [7, 11) is 0. The highest BCUT2D eigenvalue weighted by Crippen LogP contribution is 2.30. The topological polar surface area (TPSA) is 99.2 Å². The van der Waals surface area contributed by atoms with Crippen LogP contribution >= 0.6 is 0 Å². The first-order valence-corrected chi connectivity index (χ1v) is 17.1. The Morgan fingerprint density at radius 2 is 1.04 bits per heavy atom. The van der Waals surface area contributed by atoms with E-state index in [9.17, 15) is 14.7 Å². The van der Waals surface area contributed by atoms with Crippen LogP contribution in [0.5, 0.6) is 0 Å². The lowest BCUT2D eigenvalue weighted by Gasteiger charge is -2.06. The molecule has 256 valence electrons. The van der Waals surface area contributed by atoms with Crippen LogP contribution in [0.4, 0.5) is 0 Å². The van der Waals surface area contributed by atoms with Gasteiger partial charge >= 0.3 is 11.9 Å². The lowest BCUT2D eigenvalue weighted by molar-refractivity contribution is 0.0526. The van der Waals surface area contributed by atoms with Gasteiger partial charge in [0, 0.05) is 23.2 Å². The molecule has 0 radical (unpaired) electrons. The zero-order valence-corrected chi connectivity index (χ0v) is 28.6. The van der Waals surface area contributed by atoms with E-state index in [1.54, 1.807) is 24.3 Å². The lowest BCUT2D eigenvalue weighted by atomic mass is 10.00. The number of ether oxygens (including phenoxy) is 1. The second-order valence-electron chi connectivity index (χ2n) is 12.3. The molecule has 0 fully saturated rings. The van der Waals surface area contributed by atoms with Gasteiger partial charge in [-0.3, -0.25) is 9.36 Å². The van der Waals surface area contributed by atoms with E-state index >= 15 is 0 Å². The van der Waals surface area contributed by atoms with E-state index in [4.69, 9.17) is 9.84 Å². The monoisotopic (exact) mass is 684 g/mol. The minimum Gasteiger partial charge on any atom is -0.478 e. The normalized spacial score (nSPS) is 10.9. The quantitative estimate of drug-likeness (QED) is 0.152. The molecular weight excluding hydrogens is 649 g/mol. The summed E-state index contributed by atoms with van der Waals surface area (Å²) in [4.78, 5) is 23.3. The van der Waals surface area contributed by atoms with Crippen molar-refractivity contribution in [1.82, 2.24) is 19.6 Å². The Balaban J connectivity index is 0.000000162. The van der Waals surface area contributed by atoms with Crippen LogP contribution in [0.15, 0.2) is 158 Å². The highest BCUT2D eigenvalue weighted by molar-refractivity contribution is 5.98. The van der Waals surface area contributed by atoms with Gasteiger partial charge in [-0.2, -0.15) is 10.2 Å². The van der Waals surface area contributed by atoms with E-state index < -0.39 is 5.97 Å². The molecule has 0 atom stereocenters. The predicted octanol–water partition coefficient (Wildman–Crippen LogP) is 9.38. The third kappa shape index (κ3) is 7.66. The summed E-state index contributed by atoms with van der Waals surface area (Å²) in [5.41, 5.74) is 8.96. The molecule has 0 spiro atoms. The molecule has 52 heavy (non-hydrogen) atoms. The van der Waals surface area contributed by atoms with Gasteiger partial charge in [-0.15, -0.1) is 0 Å². The smallest absolute Gasteiger partial charge is 0.338 e. The number of esters is 1. The molecule has 0 amide bonds. The molecule has 8 aromatic rings. The van der Waals surface area contributed by atoms with Gasteiger partial charge in [0.1, 0.15) is 0 Å². The van der Waals surface area contributed by atoms with Crippen molar-refractivity contribution >= 4 is 33.7 Å². The Kier molecular flexibility index (Phi) is 9.97. The number of aromatic carboxylic acids is 1. The zero-order valence-electron chi connectivity index (χ0n) is 28.6. The largest absolute Gasteiger partial charge is 0.478 e. The molecule has 1 N–H and O–H groups in total. The Labute approximate surface area is 301 Å². The van der Waals surface area contributed by atoms with Crippen LogP contribution in [0, 0.1) is 0 Å². The van der Waals surface area contributed by atoms with Crippen LogP contribution in [0.2, 0.25) is 0 Å². The zero-order chi connectivity index (χ0) is 35.9. The molecule has 0 saturated carbocycles. The van der Waals surface area contributed by atoms with Crippen LogP contribution < -0.4 is 0 Å². The van der Waals surface area contributed by atoms with Gasteiger partial charge in [-0.05, 0) is 76.7 Å². The maximum atomic E-state index is 12.1. The second kappa shape index (κ2) is 15.4. The maximum absolute atomic E-state index is 12.1. The SMILES string of the molecule is CCOC(=O)c1cccc(-c2cccc3nn(Cc4ccccc4)cc23)c1.O=C(O)c1cccc(-c2cccc3nn(Cc4ccccc4)cc23)c1. The molecule has 6 aromatic carbocycles. The number of nitrogens with zero attached hydrogens (tertiary/aromatic N) is 4. The fourth-order valence-corrected chi connectivity index (χ4v) is 6.24. The predicted molar refractivity (Wildman–Crippen MR) is 204 cm³/mol. The van der Waals surface area contributed by atoms with E-state index in [-0.39, 0.29) is 11.5 Å². The fourth-order valence-electron chi connectivity index (χ4n) is 6.24. The highest BCUT2D eigenvalue weighted by atomic mass is 16.5. The van der Waals surface area contributed by atoms with Crippen LogP contribution in [0.1, 0.15) is 38.8 Å². The van der Waals surface area contributed by atoms with Gasteiger partial charge in [-0.1, -0.05) is 109 Å². The van der Waals surface area contributed by atoms with Gasteiger partial charge in [0.05, 0.1) is 41.9 Å². The number of carbonyl (C=O) groups is 2. The highest BCUT2D eigenvalue weighted by Gasteiger charge is 2.13. The number of aromatic nitrogens is 4. The first-order chi connectivity index (χ1) is 25.4. The molecule has 0 aliphatic heterocycles. The van der Waals surface area contributed by atoms with Crippen LogP contribution in [0.25, 0.3) is 44.1 Å². The Morgan fingerprint density at radius 1 is 0.577 bits per heavy atom. The number of benzene rings is 6. The van der Waals surface area contributed by atoms with Crippen molar-refractivity contribution in [2.75, 3.05) is 6.61 Å². The fraction of sp³-hybridized carbons (Fsp3) is 0.0909. The van der Waals surface area contributed by atoms with Crippen molar-refractivity contribution < 1.29 is 19.4 Å². The van der Waals surface area contributed by atoms with Gasteiger partial charge < -0.3 is 9.84 Å². The van der Waals surface area contributed by atoms with Crippen LogP contribution in [-0.4, -0.2) is 43.2 Å². The summed E-state index contributed by atoms with van der Waals surface area (Å²) in [5.74, 6) is -1.22. The van der Waals surface area contributed by atoms with E-state index in [0.29, 0.717) is 18.7 Å². The average Bonchev–Trinajstić information content (AvgIpc) is 3.79. The maximum Gasteiger partial charge on any atom is 0.338 e. The van der Waals surface area contributed by atoms with Gasteiger partial charge in [0.15, 0.2) is 0 Å². The third-order valence-electron chi connectivity index (χ3n) is 8.67. The van der Waals surface area contributed by atoms with Gasteiger partial charge in [0.25, 0.3) is 0 Å². The molecule has 0 saturated heterocycles. The number of carbonyl (C=O) groups excluding carboxylic acids is 1. The summed E-state index contributed by atoms with van der Waals surface area (Å²) < 4.78 is 9.00. The van der Waals surface area contributed by atoms with Crippen molar-refractivity contribution in [2.24, 2.45) is 0 Å².